The van der Waals surface area contributed by atoms with E-state index in [1.54, 1.807) is 4.90 Å². The van der Waals surface area contributed by atoms with E-state index in [0.717, 1.165) is 17.2 Å². The highest BCUT2D eigenvalue weighted by molar-refractivity contribution is 5.78. The lowest BCUT2D eigenvalue weighted by atomic mass is 10.1. The number of rotatable bonds is 6. The molecule has 160 valence electrons. The fraction of sp³-hybridized carbons (Fsp3) is 0.240. The van der Waals surface area contributed by atoms with Gasteiger partial charge in [0.1, 0.15) is 17.7 Å². The Morgan fingerprint density at radius 2 is 1.61 bits per heavy atom. The van der Waals surface area contributed by atoms with Gasteiger partial charge in [0.2, 0.25) is 0 Å². The number of hydrogen-bond acceptors (Lipinski definition) is 3. The van der Waals surface area contributed by atoms with Gasteiger partial charge in [0.05, 0.1) is 0 Å². The molecule has 0 N–H and O–H groups in total. The number of para-hydroxylation sites is 1. The van der Waals surface area contributed by atoms with Crippen LogP contribution in [0.2, 0.25) is 0 Å². The summed E-state index contributed by atoms with van der Waals surface area (Å²) >= 11 is 0. The molecule has 1 heterocycles. The monoisotopic (exact) mass is 423 g/mol. The molecule has 0 aliphatic carbocycles. The van der Waals surface area contributed by atoms with Crippen LogP contribution in [0.3, 0.4) is 0 Å². The molecule has 0 bridgehead atoms. The quantitative estimate of drug-likeness (QED) is 0.555. The van der Waals surface area contributed by atoms with Gasteiger partial charge in [-0.2, -0.15) is 0 Å². The molecule has 31 heavy (non-hydrogen) atoms. The Kier molecular flexibility index (Phi) is 6.46. The Morgan fingerprint density at radius 3 is 2.35 bits per heavy atom. The number of carbonyl (C=O) groups is 1. The highest BCUT2D eigenvalue weighted by Gasteiger charge is 2.25. The first-order chi connectivity index (χ1) is 15.1. The fourth-order valence-corrected chi connectivity index (χ4v) is 3.65. The van der Waals surface area contributed by atoms with Gasteiger partial charge in [-0.1, -0.05) is 48.5 Å². The molecule has 0 unspecified atom stereocenters. The van der Waals surface area contributed by atoms with E-state index in [9.17, 15) is 13.6 Å². The van der Waals surface area contributed by atoms with Crippen LogP contribution in [-0.4, -0.2) is 36.6 Å². The molecular formula is C25H23F2NO3. The van der Waals surface area contributed by atoms with Crippen LogP contribution in [0.5, 0.6) is 11.5 Å². The fourth-order valence-electron chi connectivity index (χ4n) is 3.65. The number of halogens is 2. The lowest BCUT2D eigenvalue weighted by Gasteiger charge is -2.32. The normalized spacial score (nSPS) is 14.3. The van der Waals surface area contributed by atoms with E-state index < -0.39 is 11.6 Å². The lowest BCUT2D eigenvalue weighted by Crippen LogP contribution is -2.43. The van der Waals surface area contributed by atoms with Crippen molar-refractivity contribution in [3.63, 3.8) is 0 Å². The van der Waals surface area contributed by atoms with Crippen molar-refractivity contribution in [2.24, 2.45) is 0 Å². The lowest BCUT2D eigenvalue weighted by molar-refractivity contribution is -0.135. The Hall–Kier alpha value is -3.41. The SMILES string of the molecule is O=C(COc1ccccc1-c1ccccc1)N1CCC(Oc2ccc(F)cc2F)CC1. The first kappa shape index (κ1) is 20.8. The van der Waals surface area contributed by atoms with E-state index in [2.05, 4.69) is 0 Å². The third-order valence-corrected chi connectivity index (χ3v) is 5.31. The van der Waals surface area contributed by atoms with E-state index in [-0.39, 0.29) is 24.4 Å². The van der Waals surface area contributed by atoms with Crippen molar-refractivity contribution in [1.29, 1.82) is 0 Å². The summed E-state index contributed by atoms with van der Waals surface area (Å²) in [5, 5.41) is 0. The molecule has 1 aliphatic heterocycles. The molecule has 3 aromatic rings. The Balaban J connectivity index is 1.30. The Labute approximate surface area is 180 Å². The van der Waals surface area contributed by atoms with E-state index in [4.69, 9.17) is 9.47 Å². The molecule has 6 heteroatoms. The predicted molar refractivity (Wildman–Crippen MR) is 114 cm³/mol. The first-order valence-electron chi connectivity index (χ1n) is 10.3. The third-order valence-electron chi connectivity index (χ3n) is 5.31. The summed E-state index contributed by atoms with van der Waals surface area (Å²) in [4.78, 5) is 14.4. The number of carbonyl (C=O) groups excluding carboxylic acids is 1. The number of nitrogens with zero attached hydrogens (tertiary/aromatic N) is 1. The number of ether oxygens (including phenoxy) is 2. The van der Waals surface area contributed by atoms with Crippen LogP contribution >= 0.6 is 0 Å². The second-order valence-corrected chi connectivity index (χ2v) is 7.42. The van der Waals surface area contributed by atoms with E-state index >= 15 is 0 Å². The predicted octanol–water partition coefficient (Wildman–Crippen LogP) is 5.08. The summed E-state index contributed by atoms with van der Waals surface area (Å²) in [6.07, 6.45) is 0.926. The van der Waals surface area contributed by atoms with Crippen LogP contribution in [0, 0.1) is 11.6 Å². The van der Waals surface area contributed by atoms with Crippen molar-refractivity contribution in [3.8, 4) is 22.6 Å². The minimum atomic E-state index is -0.719. The Bertz CT molecular complexity index is 1030. The molecule has 0 saturated carbocycles. The number of amides is 1. The van der Waals surface area contributed by atoms with Crippen LogP contribution in [0.15, 0.2) is 72.8 Å². The summed E-state index contributed by atoms with van der Waals surface area (Å²) in [5.74, 6) is -0.767. The van der Waals surface area contributed by atoms with Crippen molar-refractivity contribution in [3.05, 3.63) is 84.4 Å². The van der Waals surface area contributed by atoms with E-state index in [1.807, 2.05) is 54.6 Å². The van der Waals surface area contributed by atoms with Crippen molar-refractivity contribution in [1.82, 2.24) is 4.90 Å². The average Bonchev–Trinajstić information content (AvgIpc) is 2.80. The standard InChI is InChI=1S/C25H23F2NO3/c26-19-10-11-24(22(27)16-19)31-20-12-14-28(15-13-20)25(29)17-30-23-9-5-4-8-21(23)18-6-2-1-3-7-18/h1-11,16,20H,12-15,17H2. The van der Waals surface area contributed by atoms with Crippen molar-refractivity contribution in [2.45, 2.75) is 18.9 Å². The first-order valence-corrected chi connectivity index (χ1v) is 10.3. The molecule has 1 amide bonds. The third kappa shape index (κ3) is 5.20. The molecule has 0 aromatic heterocycles. The van der Waals surface area contributed by atoms with Gasteiger partial charge in [0.15, 0.2) is 18.2 Å². The van der Waals surface area contributed by atoms with Crippen molar-refractivity contribution in [2.75, 3.05) is 19.7 Å². The van der Waals surface area contributed by atoms with Gasteiger partial charge in [-0.3, -0.25) is 4.79 Å². The van der Waals surface area contributed by atoms with Crippen LogP contribution in [-0.2, 0) is 4.79 Å². The van der Waals surface area contributed by atoms with Gasteiger partial charge in [-0.05, 0) is 23.8 Å². The molecule has 3 aromatic carbocycles. The van der Waals surface area contributed by atoms with Crippen molar-refractivity contribution >= 4 is 5.91 Å². The highest BCUT2D eigenvalue weighted by Crippen LogP contribution is 2.29. The molecule has 1 saturated heterocycles. The molecule has 1 fully saturated rings. The largest absolute Gasteiger partial charge is 0.487 e. The van der Waals surface area contributed by atoms with Gasteiger partial charge in [-0.25, -0.2) is 8.78 Å². The number of benzene rings is 3. The van der Waals surface area contributed by atoms with Crippen LogP contribution < -0.4 is 9.47 Å². The molecule has 4 nitrogen and oxygen atoms in total. The van der Waals surface area contributed by atoms with Crippen molar-refractivity contribution < 1.29 is 23.0 Å². The number of hydrogen-bond donors (Lipinski definition) is 0. The van der Waals surface area contributed by atoms with Gasteiger partial charge >= 0.3 is 0 Å². The van der Waals surface area contributed by atoms with Crippen LogP contribution in [0.25, 0.3) is 11.1 Å². The Morgan fingerprint density at radius 1 is 0.903 bits per heavy atom. The maximum atomic E-state index is 13.8. The highest BCUT2D eigenvalue weighted by atomic mass is 19.1. The minimum Gasteiger partial charge on any atom is -0.487 e. The second-order valence-electron chi connectivity index (χ2n) is 7.42. The molecular weight excluding hydrogens is 400 g/mol. The summed E-state index contributed by atoms with van der Waals surface area (Å²) in [7, 11) is 0. The summed E-state index contributed by atoms with van der Waals surface area (Å²) in [6.45, 7) is 0.938. The summed E-state index contributed by atoms with van der Waals surface area (Å²) in [5.41, 5.74) is 1.96. The average molecular weight is 423 g/mol. The molecule has 0 spiro atoms. The van der Waals surface area contributed by atoms with Crippen LogP contribution in [0.4, 0.5) is 8.78 Å². The van der Waals surface area contributed by atoms with Crippen LogP contribution in [0.1, 0.15) is 12.8 Å². The minimum absolute atomic E-state index is 0.0343. The summed E-state index contributed by atoms with van der Waals surface area (Å²) in [6, 6.07) is 20.8. The van der Waals surface area contributed by atoms with Gasteiger partial charge in [0, 0.05) is 37.6 Å². The number of piperidine rings is 1. The topological polar surface area (TPSA) is 38.8 Å². The van der Waals surface area contributed by atoms with Gasteiger partial charge < -0.3 is 14.4 Å². The molecule has 1 aliphatic rings. The zero-order valence-corrected chi connectivity index (χ0v) is 17.0. The van der Waals surface area contributed by atoms with E-state index in [1.165, 1.54) is 12.1 Å². The summed E-state index contributed by atoms with van der Waals surface area (Å²) < 4.78 is 38.3. The maximum Gasteiger partial charge on any atom is 0.260 e. The molecule has 0 radical (unpaired) electrons. The van der Waals surface area contributed by atoms with Gasteiger partial charge in [0.25, 0.3) is 5.91 Å². The van der Waals surface area contributed by atoms with E-state index in [0.29, 0.717) is 31.7 Å². The smallest absolute Gasteiger partial charge is 0.260 e. The zero-order chi connectivity index (χ0) is 21.6. The zero-order valence-electron chi connectivity index (χ0n) is 17.0. The maximum absolute atomic E-state index is 13.8. The number of likely N-dealkylation sites (tertiary alicyclic amines) is 1. The second kappa shape index (κ2) is 9.60. The van der Waals surface area contributed by atoms with Gasteiger partial charge in [-0.15, -0.1) is 0 Å². The molecule has 0 atom stereocenters. The molecule has 4 rings (SSSR count).